The number of methoxy groups -OCH3 is 1. The molecule has 2 heterocycles. The first kappa shape index (κ1) is 15.0. The number of nitrogens with zero attached hydrogens (tertiary/aromatic N) is 3. The number of ether oxygens (including phenoxy) is 1. The SMILES string of the molecule is COc1ccc(C)c(-c2cc(C(N)=O)nc3c2cnn3C)c1C. The lowest BCUT2D eigenvalue weighted by Gasteiger charge is -2.15. The summed E-state index contributed by atoms with van der Waals surface area (Å²) in [7, 11) is 3.43. The van der Waals surface area contributed by atoms with Crippen LogP contribution in [-0.4, -0.2) is 27.8 Å². The van der Waals surface area contributed by atoms with Crippen LogP contribution < -0.4 is 10.5 Å². The molecule has 0 saturated heterocycles. The molecule has 3 rings (SSSR count). The van der Waals surface area contributed by atoms with Gasteiger partial charge in [-0.2, -0.15) is 5.10 Å². The van der Waals surface area contributed by atoms with E-state index in [1.165, 1.54) is 0 Å². The third-order valence-corrected chi connectivity index (χ3v) is 4.07. The van der Waals surface area contributed by atoms with E-state index in [9.17, 15) is 4.79 Å². The van der Waals surface area contributed by atoms with Crippen LogP contribution >= 0.6 is 0 Å². The molecule has 2 aromatic heterocycles. The molecule has 2 N–H and O–H groups in total. The maximum Gasteiger partial charge on any atom is 0.267 e. The molecule has 0 radical (unpaired) electrons. The zero-order valence-corrected chi connectivity index (χ0v) is 13.5. The van der Waals surface area contributed by atoms with Crippen molar-refractivity contribution in [3.63, 3.8) is 0 Å². The molecule has 0 aliphatic heterocycles. The molecular formula is C17H18N4O2. The second kappa shape index (κ2) is 5.39. The van der Waals surface area contributed by atoms with E-state index < -0.39 is 5.91 Å². The van der Waals surface area contributed by atoms with Gasteiger partial charge in [0.15, 0.2) is 5.65 Å². The number of aryl methyl sites for hydroxylation is 2. The Labute approximate surface area is 133 Å². The molecule has 0 aliphatic rings. The summed E-state index contributed by atoms with van der Waals surface area (Å²) in [6.07, 6.45) is 1.75. The largest absolute Gasteiger partial charge is 0.496 e. The Bertz CT molecular complexity index is 928. The van der Waals surface area contributed by atoms with Crippen LogP contribution in [0.5, 0.6) is 5.75 Å². The standard InChI is InChI=1S/C17H18N4O2/c1-9-5-6-14(23-4)10(2)15(9)11-7-13(16(18)22)20-17-12(11)8-19-21(17)3/h5-8H,1-4H3,(H2,18,22). The van der Waals surface area contributed by atoms with Gasteiger partial charge < -0.3 is 10.5 Å². The first-order valence-electron chi connectivity index (χ1n) is 7.21. The first-order valence-corrected chi connectivity index (χ1v) is 7.21. The maximum atomic E-state index is 11.7. The van der Waals surface area contributed by atoms with Crippen LogP contribution in [0, 0.1) is 13.8 Å². The normalized spacial score (nSPS) is 11.0. The molecule has 0 saturated carbocycles. The Hall–Kier alpha value is -2.89. The number of rotatable bonds is 3. The van der Waals surface area contributed by atoms with Crippen molar-refractivity contribution in [1.82, 2.24) is 14.8 Å². The fraction of sp³-hybridized carbons (Fsp3) is 0.235. The summed E-state index contributed by atoms with van der Waals surface area (Å²) in [6, 6.07) is 5.65. The number of aromatic nitrogens is 3. The van der Waals surface area contributed by atoms with E-state index in [2.05, 4.69) is 10.1 Å². The Morgan fingerprint density at radius 1 is 1.30 bits per heavy atom. The van der Waals surface area contributed by atoms with Gasteiger partial charge in [-0.3, -0.25) is 9.48 Å². The maximum absolute atomic E-state index is 11.7. The minimum Gasteiger partial charge on any atom is -0.496 e. The molecule has 0 spiro atoms. The number of carbonyl (C=O) groups is 1. The molecule has 0 unspecified atom stereocenters. The summed E-state index contributed by atoms with van der Waals surface area (Å²) in [5.41, 5.74) is 10.3. The van der Waals surface area contributed by atoms with Crippen molar-refractivity contribution in [3.8, 4) is 16.9 Å². The van der Waals surface area contributed by atoms with Crippen molar-refractivity contribution in [1.29, 1.82) is 0 Å². The van der Waals surface area contributed by atoms with Crippen molar-refractivity contribution in [2.24, 2.45) is 12.8 Å². The molecule has 0 fully saturated rings. The Balaban J connectivity index is 2.43. The molecule has 0 aliphatic carbocycles. The smallest absolute Gasteiger partial charge is 0.267 e. The quantitative estimate of drug-likeness (QED) is 0.805. The summed E-state index contributed by atoms with van der Waals surface area (Å²) in [5.74, 6) is 0.229. The van der Waals surface area contributed by atoms with E-state index in [1.807, 2.05) is 26.0 Å². The number of amides is 1. The highest BCUT2D eigenvalue weighted by Gasteiger charge is 2.18. The number of nitrogens with two attached hydrogens (primary N) is 1. The lowest BCUT2D eigenvalue weighted by molar-refractivity contribution is 0.0996. The summed E-state index contributed by atoms with van der Waals surface area (Å²) < 4.78 is 7.06. The van der Waals surface area contributed by atoms with E-state index in [0.717, 1.165) is 33.4 Å². The van der Waals surface area contributed by atoms with Gasteiger partial charge >= 0.3 is 0 Å². The molecule has 1 aromatic carbocycles. The molecule has 23 heavy (non-hydrogen) atoms. The number of benzene rings is 1. The minimum absolute atomic E-state index is 0.220. The number of hydrogen-bond donors (Lipinski definition) is 1. The van der Waals surface area contributed by atoms with Crippen molar-refractivity contribution in [2.75, 3.05) is 7.11 Å². The molecular weight excluding hydrogens is 292 g/mol. The van der Waals surface area contributed by atoms with Gasteiger partial charge in [0.1, 0.15) is 11.4 Å². The lowest BCUT2D eigenvalue weighted by atomic mass is 9.93. The Morgan fingerprint density at radius 3 is 2.70 bits per heavy atom. The van der Waals surface area contributed by atoms with Gasteiger partial charge in [0.25, 0.3) is 5.91 Å². The van der Waals surface area contributed by atoms with Crippen molar-refractivity contribution in [2.45, 2.75) is 13.8 Å². The van der Waals surface area contributed by atoms with Gasteiger partial charge in [-0.15, -0.1) is 0 Å². The highest BCUT2D eigenvalue weighted by atomic mass is 16.5. The van der Waals surface area contributed by atoms with Crippen LogP contribution in [-0.2, 0) is 7.05 Å². The van der Waals surface area contributed by atoms with E-state index in [-0.39, 0.29) is 5.69 Å². The first-order chi connectivity index (χ1) is 10.9. The monoisotopic (exact) mass is 310 g/mol. The van der Waals surface area contributed by atoms with Crippen molar-refractivity contribution in [3.05, 3.63) is 41.2 Å². The predicted octanol–water partition coefficient (Wildman–Crippen LogP) is 2.36. The third-order valence-electron chi connectivity index (χ3n) is 4.07. The topological polar surface area (TPSA) is 83.0 Å². The lowest BCUT2D eigenvalue weighted by Crippen LogP contribution is -2.14. The van der Waals surface area contributed by atoms with E-state index in [0.29, 0.717) is 5.65 Å². The van der Waals surface area contributed by atoms with E-state index >= 15 is 0 Å². The summed E-state index contributed by atoms with van der Waals surface area (Å²) >= 11 is 0. The van der Waals surface area contributed by atoms with Crippen molar-refractivity contribution < 1.29 is 9.53 Å². The van der Waals surface area contributed by atoms with Crippen molar-refractivity contribution >= 4 is 16.9 Å². The molecule has 0 atom stereocenters. The fourth-order valence-electron chi connectivity index (χ4n) is 2.91. The second-order valence-corrected chi connectivity index (χ2v) is 5.51. The Kier molecular flexibility index (Phi) is 3.52. The Morgan fingerprint density at radius 2 is 2.04 bits per heavy atom. The average molecular weight is 310 g/mol. The predicted molar refractivity (Wildman–Crippen MR) is 88.5 cm³/mol. The average Bonchev–Trinajstić information content (AvgIpc) is 2.89. The van der Waals surface area contributed by atoms with Crippen LogP contribution in [0.1, 0.15) is 21.6 Å². The molecule has 6 nitrogen and oxygen atoms in total. The van der Waals surface area contributed by atoms with Crippen LogP contribution in [0.3, 0.4) is 0 Å². The minimum atomic E-state index is -0.562. The van der Waals surface area contributed by atoms with Crippen LogP contribution in [0.15, 0.2) is 24.4 Å². The van der Waals surface area contributed by atoms with Gasteiger partial charge in [-0.05, 0) is 48.2 Å². The second-order valence-electron chi connectivity index (χ2n) is 5.51. The summed E-state index contributed by atoms with van der Waals surface area (Å²) in [4.78, 5) is 16.0. The highest BCUT2D eigenvalue weighted by Crippen LogP contribution is 2.36. The van der Waals surface area contributed by atoms with E-state index in [1.54, 1.807) is 31.1 Å². The number of carbonyl (C=O) groups excluding carboxylic acids is 1. The number of pyridine rings is 1. The van der Waals surface area contributed by atoms with Gasteiger partial charge in [0.2, 0.25) is 0 Å². The van der Waals surface area contributed by atoms with Crippen LogP contribution in [0.2, 0.25) is 0 Å². The molecule has 3 aromatic rings. The zero-order valence-electron chi connectivity index (χ0n) is 13.5. The zero-order chi connectivity index (χ0) is 16.7. The van der Waals surface area contributed by atoms with Crippen LogP contribution in [0.25, 0.3) is 22.2 Å². The summed E-state index contributed by atoms with van der Waals surface area (Å²) in [5, 5.41) is 5.13. The molecule has 0 bridgehead atoms. The fourth-order valence-corrected chi connectivity index (χ4v) is 2.91. The molecule has 118 valence electrons. The highest BCUT2D eigenvalue weighted by molar-refractivity contribution is 6.00. The van der Waals surface area contributed by atoms with Crippen LogP contribution in [0.4, 0.5) is 0 Å². The van der Waals surface area contributed by atoms with Gasteiger partial charge in [-0.25, -0.2) is 4.98 Å². The third kappa shape index (κ3) is 2.32. The summed E-state index contributed by atoms with van der Waals surface area (Å²) in [6.45, 7) is 4.02. The number of hydrogen-bond acceptors (Lipinski definition) is 4. The van der Waals surface area contributed by atoms with Gasteiger partial charge in [0.05, 0.1) is 13.3 Å². The molecule has 1 amide bonds. The number of primary amides is 1. The number of fused-ring (bicyclic) bond motifs is 1. The molecule has 6 heteroatoms. The van der Waals surface area contributed by atoms with Gasteiger partial charge in [-0.1, -0.05) is 6.07 Å². The van der Waals surface area contributed by atoms with Gasteiger partial charge in [0, 0.05) is 12.4 Å². The van der Waals surface area contributed by atoms with E-state index in [4.69, 9.17) is 10.5 Å².